The molecule has 0 radical (unpaired) electrons. The summed E-state index contributed by atoms with van der Waals surface area (Å²) < 4.78 is 0. The Bertz CT molecular complexity index is 1260. The normalized spacial score (nSPS) is 21.9. The lowest BCUT2D eigenvalue weighted by atomic mass is 10.1. The molecule has 2 fully saturated rings. The SMILES string of the molecule is Cc1ccc2c(c1)N1CCCCN1N2C1=CCC(N2c3ccc(C)cc3N3CCCCN32)=CC=C1. The Labute approximate surface area is 208 Å². The van der Waals surface area contributed by atoms with Crippen molar-refractivity contribution >= 4 is 22.7 Å². The number of allylic oxidation sites excluding steroid dienone is 4. The molecule has 0 saturated carbocycles. The Kier molecular flexibility index (Phi) is 4.93. The molecule has 6 nitrogen and oxygen atoms in total. The van der Waals surface area contributed by atoms with Crippen molar-refractivity contribution in [3.8, 4) is 0 Å². The van der Waals surface area contributed by atoms with E-state index in [9.17, 15) is 0 Å². The molecule has 2 aromatic rings. The molecular weight excluding hydrogens is 432 g/mol. The van der Waals surface area contributed by atoms with Crippen LogP contribution in [0.1, 0.15) is 43.2 Å². The van der Waals surface area contributed by atoms with Crippen LogP contribution in [0.2, 0.25) is 0 Å². The van der Waals surface area contributed by atoms with Gasteiger partial charge in [-0.1, -0.05) is 24.3 Å². The zero-order valence-corrected chi connectivity index (χ0v) is 20.8. The van der Waals surface area contributed by atoms with Crippen LogP contribution in [0.15, 0.2) is 72.1 Å². The molecule has 0 atom stereocenters. The fraction of sp³-hybridized carbons (Fsp3) is 0.379. The highest BCUT2D eigenvalue weighted by Crippen LogP contribution is 2.46. The van der Waals surface area contributed by atoms with Crippen molar-refractivity contribution in [2.45, 2.75) is 46.0 Å². The molecule has 0 N–H and O–H groups in total. The van der Waals surface area contributed by atoms with Gasteiger partial charge in [-0.2, -0.15) is 0 Å². The fourth-order valence-electron chi connectivity index (χ4n) is 6.19. The molecular formula is C29H34N6. The molecule has 0 spiro atoms. The molecule has 5 aliphatic rings. The maximum atomic E-state index is 2.48. The zero-order chi connectivity index (χ0) is 23.5. The van der Waals surface area contributed by atoms with Gasteiger partial charge in [-0.3, -0.25) is 20.0 Å². The monoisotopic (exact) mass is 466 g/mol. The molecule has 2 saturated heterocycles. The van der Waals surface area contributed by atoms with Gasteiger partial charge >= 0.3 is 0 Å². The van der Waals surface area contributed by atoms with Gasteiger partial charge in [0.2, 0.25) is 0 Å². The first kappa shape index (κ1) is 21.1. The fourth-order valence-corrected chi connectivity index (χ4v) is 6.19. The Morgan fingerprint density at radius 1 is 0.629 bits per heavy atom. The molecule has 180 valence electrons. The second-order valence-electron chi connectivity index (χ2n) is 10.3. The van der Waals surface area contributed by atoms with Crippen molar-refractivity contribution in [1.82, 2.24) is 10.2 Å². The highest BCUT2D eigenvalue weighted by atomic mass is 15.9. The van der Waals surface area contributed by atoms with Crippen molar-refractivity contribution in [2.75, 3.05) is 46.2 Å². The lowest BCUT2D eigenvalue weighted by Crippen LogP contribution is -2.52. The molecule has 6 heteroatoms. The molecule has 0 amide bonds. The molecule has 2 aromatic carbocycles. The third-order valence-corrected chi connectivity index (χ3v) is 7.84. The summed E-state index contributed by atoms with van der Waals surface area (Å²) in [4.78, 5) is 0. The molecule has 0 aromatic heterocycles. The highest BCUT2D eigenvalue weighted by molar-refractivity contribution is 5.79. The minimum atomic E-state index is 0.894. The van der Waals surface area contributed by atoms with E-state index in [1.165, 1.54) is 71.0 Å². The van der Waals surface area contributed by atoms with Crippen LogP contribution >= 0.6 is 0 Å². The standard InChI is InChI=1S/C29H34N6/c1-22-10-14-26-28(20-22)30-16-3-5-18-32(30)34(26)24-8-7-9-25(13-12-24)35-27-15-11-23(2)21-29(27)31-17-4-6-19-33(31)35/h7-12,14-15,20-21H,3-6,13,16-19H2,1-2H3. The van der Waals surface area contributed by atoms with Crippen LogP contribution in [-0.2, 0) is 0 Å². The van der Waals surface area contributed by atoms with E-state index in [4.69, 9.17) is 0 Å². The molecule has 7 rings (SSSR count). The van der Waals surface area contributed by atoms with E-state index in [0.717, 1.165) is 32.6 Å². The van der Waals surface area contributed by atoms with E-state index in [0.29, 0.717) is 0 Å². The minimum Gasteiger partial charge on any atom is -0.286 e. The predicted octanol–water partition coefficient (Wildman–Crippen LogP) is 5.84. The number of fused-ring (bicyclic) bond motifs is 6. The summed E-state index contributed by atoms with van der Waals surface area (Å²) in [6, 6.07) is 13.8. The maximum absolute atomic E-state index is 2.48. The number of anilines is 4. The number of nitrogens with zero attached hydrogens (tertiary/aromatic N) is 6. The van der Waals surface area contributed by atoms with Crippen molar-refractivity contribution in [3.05, 3.63) is 83.2 Å². The van der Waals surface area contributed by atoms with Gasteiger partial charge in [0.25, 0.3) is 0 Å². The number of hydrogen-bond acceptors (Lipinski definition) is 6. The Morgan fingerprint density at radius 3 is 1.86 bits per heavy atom. The molecule has 0 unspecified atom stereocenters. The van der Waals surface area contributed by atoms with Crippen LogP contribution in [0.25, 0.3) is 0 Å². The second kappa shape index (κ2) is 8.18. The Balaban J connectivity index is 1.23. The molecule has 0 bridgehead atoms. The van der Waals surface area contributed by atoms with Gasteiger partial charge in [-0.15, -0.1) is 10.2 Å². The first-order chi connectivity index (χ1) is 17.2. The summed E-state index contributed by atoms with van der Waals surface area (Å²) in [5, 5.41) is 14.8. The van der Waals surface area contributed by atoms with Gasteiger partial charge in [0.1, 0.15) is 0 Å². The number of hydrogen-bond donors (Lipinski definition) is 0. The van der Waals surface area contributed by atoms with Crippen LogP contribution in [0.4, 0.5) is 22.7 Å². The number of aryl methyl sites for hydroxylation is 2. The summed E-state index contributed by atoms with van der Waals surface area (Å²) in [6.07, 6.45) is 15.1. The molecule has 35 heavy (non-hydrogen) atoms. The van der Waals surface area contributed by atoms with Crippen molar-refractivity contribution in [1.29, 1.82) is 0 Å². The van der Waals surface area contributed by atoms with E-state index < -0.39 is 0 Å². The second-order valence-corrected chi connectivity index (χ2v) is 10.3. The van der Waals surface area contributed by atoms with Crippen LogP contribution in [0.3, 0.4) is 0 Å². The highest BCUT2D eigenvalue weighted by Gasteiger charge is 2.39. The average molecular weight is 467 g/mol. The summed E-state index contributed by atoms with van der Waals surface area (Å²) in [5.74, 6) is 0. The van der Waals surface area contributed by atoms with E-state index in [1.54, 1.807) is 0 Å². The lowest BCUT2D eigenvalue weighted by Gasteiger charge is -2.40. The number of rotatable bonds is 2. The van der Waals surface area contributed by atoms with E-state index in [1.807, 2.05) is 0 Å². The largest absolute Gasteiger partial charge is 0.286 e. The van der Waals surface area contributed by atoms with Gasteiger partial charge < -0.3 is 0 Å². The Hall–Kier alpha value is -3.22. The third-order valence-electron chi connectivity index (χ3n) is 7.84. The summed E-state index contributed by atoms with van der Waals surface area (Å²) in [5.41, 5.74) is 10.5. The van der Waals surface area contributed by atoms with E-state index >= 15 is 0 Å². The third kappa shape index (κ3) is 3.31. The van der Waals surface area contributed by atoms with Gasteiger partial charge in [0.05, 0.1) is 28.4 Å². The average Bonchev–Trinajstić information content (AvgIpc) is 3.25. The molecule has 4 heterocycles. The van der Waals surface area contributed by atoms with E-state index in [2.05, 4.69) is 105 Å². The summed E-state index contributed by atoms with van der Waals surface area (Å²) >= 11 is 0. The number of hydrazine groups is 4. The number of benzene rings is 2. The van der Waals surface area contributed by atoms with Gasteiger partial charge in [-0.05, 0) is 87.1 Å². The summed E-state index contributed by atoms with van der Waals surface area (Å²) in [7, 11) is 0. The zero-order valence-electron chi connectivity index (χ0n) is 20.8. The minimum absolute atomic E-state index is 0.894. The predicted molar refractivity (Wildman–Crippen MR) is 144 cm³/mol. The summed E-state index contributed by atoms with van der Waals surface area (Å²) in [6.45, 7) is 8.68. The molecule has 1 aliphatic carbocycles. The topological polar surface area (TPSA) is 19.4 Å². The van der Waals surface area contributed by atoms with Crippen molar-refractivity contribution in [2.24, 2.45) is 0 Å². The Morgan fingerprint density at radius 2 is 1.20 bits per heavy atom. The lowest BCUT2D eigenvalue weighted by molar-refractivity contribution is 0.222. The van der Waals surface area contributed by atoms with Crippen LogP contribution in [0, 0.1) is 13.8 Å². The first-order valence-electron chi connectivity index (χ1n) is 13.2. The quantitative estimate of drug-likeness (QED) is 0.550. The molecule has 4 aliphatic heterocycles. The van der Waals surface area contributed by atoms with Gasteiger partial charge in [0.15, 0.2) is 0 Å². The van der Waals surface area contributed by atoms with Crippen molar-refractivity contribution in [3.63, 3.8) is 0 Å². The maximum Gasteiger partial charge on any atom is 0.0846 e. The van der Waals surface area contributed by atoms with Crippen LogP contribution in [0.5, 0.6) is 0 Å². The van der Waals surface area contributed by atoms with E-state index in [-0.39, 0.29) is 0 Å². The van der Waals surface area contributed by atoms with Gasteiger partial charge in [-0.25, -0.2) is 0 Å². The first-order valence-corrected chi connectivity index (χ1v) is 13.2. The van der Waals surface area contributed by atoms with Crippen LogP contribution < -0.4 is 20.0 Å². The van der Waals surface area contributed by atoms with Gasteiger partial charge in [0, 0.05) is 38.3 Å². The smallest absolute Gasteiger partial charge is 0.0846 e. The van der Waals surface area contributed by atoms with Crippen LogP contribution in [-0.4, -0.2) is 36.4 Å². The van der Waals surface area contributed by atoms with Crippen molar-refractivity contribution < 1.29 is 0 Å².